The maximum absolute atomic E-state index is 12.6. The molecule has 2 amide bonds. The van der Waals surface area contributed by atoms with Crippen molar-refractivity contribution in [2.24, 2.45) is 0 Å². The van der Waals surface area contributed by atoms with E-state index in [1.807, 2.05) is 12.1 Å². The highest BCUT2D eigenvalue weighted by Crippen LogP contribution is 2.15. The summed E-state index contributed by atoms with van der Waals surface area (Å²) in [5, 5.41) is 10.7. The highest BCUT2D eigenvalue weighted by Gasteiger charge is 2.15. The second-order valence-corrected chi connectivity index (χ2v) is 6.07. The Labute approximate surface area is 161 Å². The zero-order valence-corrected chi connectivity index (χ0v) is 15.2. The molecule has 0 radical (unpaired) electrons. The van der Waals surface area contributed by atoms with E-state index in [9.17, 15) is 14.4 Å². The number of carbonyl (C=O) groups excluding carboxylic acids is 2. The van der Waals surface area contributed by atoms with Gasteiger partial charge in [-0.25, -0.2) is 4.68 Å². The first-order valence-electron chi connectivity index (χ1n) is 8.58. The number of terminal acetylenes is 1. The van der Waals surface area contributed by atoms with Crippen LogP contribution in [0.1, 0.15) is 16.1 Å². The standard InChI is InChI=1S/C21H18N4O3/c1-3-12-22-20(27)17-10-6-7-11-18(17)23-19(26)13-25-21(28)16-9-5-4-8-15(16)14(2)24-25/h1,4-11H,12-13H2,2H3,(H,22,27)(H,23,26). The lowest BCUT2D eigenvalue weighted by Crippen LogP contribution is -2.31. The SMILES string of the molecule is C#CCNC(=O)c1ccccc1NC(=O)Cn1nc(C)c2ccccc2c1=O. The van der Waals surface area contributed by atoms with Crippen molar-refractivity contribution < 1.29 is 9.59 Å². The number of aryl methyl sites for hydroxylation is 1. The minimum Gasteiger partial charge on any atom is -0.341 e. The summed E-state index contributed by atoms with van der Waals surface area (Å²) in [6, 6.07) is 13.7. The first-order chi connectivity index (χ1) is 13.5. The van der Waals surface area contributed by atoms with Crippen molar-refractivity contribution in [1.29, 1.82) is 0 Å². The summed E-state index contributed by atoms with van der Waals surface area (Å²) in [5.74, 6) is 1.45. The Morgan fingerprint density at radius 1 is 1.11 bits per heavy atom. The van der Waals surface area contributed by atoms with Gasteiger partial charge in [-0.2, -0.15) is 5.10 Å². The average Bonchev–Trinajstić information content (AvgIpc) is 2.70. The summed E-state index contributed by atoms with van der Waals surface area (Å²) < 4.78 is 1.12. The number of hydrogen-bond acceptors (Lipinski definition) is 4. The van der Waals surface area contributed by atoms with E-state index in [1.165, 1.54) is 0 Å². The van der Waals surface area contributed by atoms with Crippen LogP contribution in [0, 0.1) is 19.3 Å². The molecule has 0 bridgehead atoms. The van der Waals surface area contributed by atoms with Gasteiger partial charge in [0, 0.05) is 5.39 Å². The van der Waals surface area contributed by atoms with Crippen molar-refractivity contribution in [2.75, 3.05) is 11.9 Å². The molecule has 28 heavy (non-hydrogen) atoms. The maximum atomic E-state index is 12.6. The first-order valence-corrected chi connectivity index (χ1v) is 8.58. The fourth-order valence-corrected chi connectivity index (χ4v) is 2.85. The number of hydrogen-bond donors (Lipinski definition) is 2. The zero-order chi connectivity index (χ0) is 20.1. The van der Waals surface area contributed by atoms with Crippen LogP contribution in [0.2, 0.25) is 0 Å². The summed E-state index contributed by atoms with van der Waals surface area (Å²) in [5.41, 5.74) is 0.905. The van der Waals surface area contributed by atoms with E-state index in [0.717, 1.165) is 10.1 Å². The molecule has 0 fully saturated rings. The van der Waals surface area contributed by atoms with Crippen LogP contribution in [0.4, 0.5) is 5.69 Å². The van der Waals surface area contributed by atoms with Crippen LogP contribution in [-0.4, -0.2) is 28.1 Å². The normalized spacial score (nSPS) is 10.3. The Kier molecular flexibility index (Phi) is 5.51. The summed E-state index contributed by atoms with van der Waals surface area (Å²) >= 11 is 0. The smallest absolute Gasteiger partial charge is 0.275 e. The highest BCUT2D eigenvalue weighted by molar-refractivity contribution is 6.03. The molecule has 0 atom stereocenters. The number of aromatic nitrogens is 2. The number of fused-ring (bicyclic) bond motifs is 1. The van der Waals surface area contributed by atoms with E-state index in [4.69, 9.17) is 6.42 Å². The molecule has 3 aromatic rings. The molecule has 0 aliphatic carbocycles. The van der Waals surface area contributed by atoms with Crippen LogP contribution < -0.4 is 16.2 Å². The largest absolute Gasteiger partial charge is 0.341 e. The van der Waals surface area contributed by atoms with E-state index in [2.05, 4.69) is 21.7 Å². The first kappa shape index (κ1) is 18.9. The van der Waals surface area contributed by atoms with Gasteiger partial charge in [-0.15, -0.1) is 6.42 Å². The van der Waals surface area contributed by atoms with Gasteiger partial charge in [0.15, 0.2) is 0 Å². The van der Waals surface area contributed by atoms with E-state index in [-0.39, 0.29) is 24.2 Å². The molecular weight excluding hydrogens is 356 g/mol. The molecule has 2 N–H and O–H groups in total. The van der Waals surface area contributed by atoms with Crippen molar-refractivity contribution >= 4 is 28.3 Å². The van der Waals surface area contributed by atoms with Crippen molar-refractivity contribution in [3.8, 4) is 12.3 Å². The Hall–Kier alpha value is -3.92. The van der Waals surface area contributed by atoms with Crippen LogP contribution in [0.25, 0.3) is 10.8 Å². The second-order valence-electron chi connectivity index (χ2n) is 6.07. The van der Waals surface area contributed by atoms with Crippen LogP contribution >= 0.6 is 0 Å². The molecule has 0 spiro atoms. The Balaban J connectivity index is 1.84. The van der Waals surface area contributed by atoms with E-state index < -0.39 is 11.8 Å². The fraction of sp³-hybridized carbons (Fsp3) is 0.143. The monoisotopic (exact) mass is 374 g/mol. The third-order valence-electron chi connectivity index (χ3n) is 4.14. The summed E-state index contributed by atoms with van der Waals surface area (Å²) in [7, 11) is 0. The van der Waals surface area contributed by atoms with E-state index >= 15 is 0 Å². The molecule has 0 saturated heterocycles. The lowest BCUT2D eigenvalue weighted by molar-refractivity contribution is -0.117. The van der Waals surface area contributed by atoms with Crippen molar-refractivity contribution in [3.05, 3.63) is 70.1 Å². The summed E-state index contributed by atoms with van der Waals surface area (Å²) in [6.45, 7) is 1.59. The molecule has 0 saturated carbocycles. The molecule has 2 aromatic carbocycles. The number of para-hydroxylation sites is 1. The van der Waals surface area contributed by atoms with Crippen molar-refractivity contribution in [1.82, 2.24) is 15.1 Å². The quantitative estimate of drug-likeness (QED) is 0.665. The van der Waals surface area contributed by atoms with Gasteiger partial charge in [0.05, 0.1) is 28.9 Å². The van der Waals surface area contributed by atoms with Gasteiger partial charge in [0.25, 0.3) is 11.5 Å². The predicted octanol–water partition coefficient (Wildman–Crippen LogP) is 1.71. The lowest BCUT2D eigenvalue weighted by Gasteiger charge is -2.12. The van der Waals surface area contributed by atoms with Gasteiger partial charge in [-0.3, -0.25) is 14.4 Å². The Bertz CT molecular complexity index is 1160. The average molecular weight is 374 g/mol. The van der Waals surface area contributed by atoms with Gasteiger partial charge in [-0.05, 0) is 25.1 Å². The van der Waals surface area contributed by atoms with Gasteiger partial charge in [0.2, 0.25) is 5.91 Å². The molecule has 0 aliphatic rings. The van der Waals surface area contributed by atoms with E-state index in [0.29, 0.717) is 16.8 Å². The van der Waals surface area contributed by atoms with Gasteiger partial charge >= 0.3 is 0 Å². The maximum Gasteiger partial charge on any atom is 0.275 e. The van der Waals surface area contributed by atoms with Crippen molar-refractivity contribution in [3.63, 3.8) is 0 Å². The number of nitrogens with zero attached hydrogens (tertiary/aromatic N) is 2. The Morgan fingerprint density at radius 3 is 2.54 bits per heavy atom. The van der Waals surface area contributed by atoms with Crippen LogP contribution in [0.5, 0.6) is 0 Å². The lowest BCUT2D eigenvalue weighted by atomic mass is 10.1. The number of nitrogens with one attached hydrogen (secondary N) is 2. The highest BCUT2D eigenvalue weighted by atomic mass is 16.2. The van der Waals surface area contributed by atoms with Crippen LogP contribution in [-0.2, 0) is 11.3 Å². The molecule has 7 heteroatoms. The third kappa shape index (κ3) is 3.91. The molecule has 1 heterocycles. The predicted molar refractivity (Wildman–Crippen MR) is 107 cm³/mol. The molecule has 3 rings (SSSR count). The fourth-order valence-electron chi connectivity index (χ4n) is 2.85. The summed E-state index contributed by atoms with van der Waals surface area (Å²) in [4.78, 5) is 37.3. The van der Waals surface area contributed by atoms with Gasteiger partial charge < -0.3 is 10.6 Å². The van der Waals surface area contributed by atoms with Gasteiger partial charge in [-0.1, -0.05) is 36.3 Å². The number of amides is 2. The molecular formula is C21H18N4O3. The molecule has 0 aliphatic heterocycles. The summed E-state index contributed by atoms with van der Waals surface area (Å²) in [6.07, 6.45) is 5.15. The molecule has 140 valence electrons. The van der Waals surface area contributed by atoms with Gasteiger partial charge in [0.1, 0.15) is 6.54 Å². The van der Waals surface area contributed by atoms with Crippen molar-refractivity contribution in [2.45, 2.75) is 13.5 Å². The number of benzene rings is 2. The molecule has 0 unspecified atom stereocenters. The zero-order valence-electron chi connectivity index (χ0n) is 15.2. The number of rotatable bonds is 5. The van der Waals surface area contributed by atoms with Crippen LogP contribution in [0.3, 0.4) is 0 Å². The van der Waals surface area contributed by atoms with Crippen LogP contribution in [0.15, 0.2) is 53.3 Å². The minimum absolute atomic E-state index is 0.0802. The number of carbonyl (C=O) groups is 2. The Morgan fingerprint density at radius 2 is 1.79 bits per heavy atom. The molecule has 7 nitrogen and oxygen atoms in total. The minimum atomic E-state index is -0.471. The molecule has 1 aromatic heterocycles. The van der Waals surface area contributed by atoms with E-state index in [1.54, 1.807) is 43.3 Å². The third-order valence-corrected chi connectivity index (χ3v) is 4.14. The number of anilines is 1. The second kappa shape index (κ2) is 8.18. The topological polar surface area (TPSA) is 93.1 Å².